The van der Waals surface area contributed by atoms with Crippen LogP contribution in [0.25, 0.3) is 10.9 Å². The van der Waals surface area contributed by atoms with E-state index in [0.717, 1.165) is 48.4 Å². The molecule has 2 N–H and O–H groups in total. The van der Waals surface area contributed by atoms with Crippen LogP contribution in [-0.4, -0.2) is 42.4 Å². The molecule has 2 fully saturated rings. The van der Waals surface area contributed by atoms with Crippen molar-refractivity contribution >= 4 is 39.7 Å². The maximum atomic E-state index is 5.57. The summed E-state index contributed by atoms with van der Waals surface area (Å²) in [6.45, 7) is 5.50. The van der Waals surface area contributed by atoms with Crippen molar-refractivity contribution in [3.63, 3.8) is 0 Å². The van der Waals surface area contributed by atoms with Crippen molar-refractivity contribution in [1.29, 1.82) is 0 Å². The first-order valence-corrected chi connectivity index (χ1v) is 10.9. The predicted octanol–water partition coefficient (Wildman–Crippen LogP) is 4.39. The normalized spacial score (nSPS) is 18.7. The van der Waals surface area contributed by atoms with Gasteiger partial charge in [0.15, 0.2) is 5.11 Å². The van der Waals surface area contributed by atoms with Gasteiger partial charge in [0, 0.05) is 30.2 Å². The highest BCUT2D eigenvalue weighted by atomic mass is 32.1. The number of benzene rings is 1. The molecule has 1 saturated carbocycles. The Kier molecular flexibility index (Phi) is 6.27. The number of hydrogen-bond acceptors (Lipinski definition) is 4. The number of aryl methyl sites for hydroxylation is 1. The third-order valence-corrected chi connectivity index (χ3v) is 6.01. The standard InChI is InChI=1S/C22H30N4OS/c1-16-14-21(26-10-12-27-13-11-26)25-20-9-8-18(15-19(16)20)24-22(28)23-17-6-4-2-3-5-7-17/h8-9,14-15,17H,2-7,10-13H2,1H3,(H2,23,24,28). The Morgan fingerprint density at radius 3 is 2.61 bits per heavy atom. The fourth-order valence-electron chi connectivity index (χ4n) is 4.18. The number of anilines is 2. The first-order chi connectivity index (χ1) is 13.7. The van der Waals surface area contributed by atoms with Crippen molar-refractivity contribution in [2.45, 2.75) is 51.5 Å². The fraction of sp³-hybridized carbons (Fsp3) is 0.545. The molecule has 1 aliphatic carbocycles. The van der Waals surface area contributed by atoms with Crippen LogP contribution < -0.4 is 15.5 Å². The summed E-state index contributed by atoms with van der Waals surface area (Å²) < 4.78 is 5.46. The van der Waals surface area contributed by atoms with Crippen LogP contribution in [0.15, 0.2) is 24.3 Å². The number of rotatable bonds is 3. The Bertz CT molecular complexity index is 827. The summed E-state index contributed by atoms with van der Waals surface area (Å²) in [4.78, 5) is 7.18. The summed E-state index contributed by atoms with van der Waals surface area (Å²) in [7, 11) is 0. The van der Waals surface area contributed by atoms with E-state index in [2.05, 4.69) is 46.7 Å². The van der Waals surface area contributed by atoms with Gasteiger partial charge >= 0.3 is 0 Å². The molecule has 150 valence electrons. The Hall–Kier alpha value is -1.92. The van der Waals surface area contributed by atoms with Gasteiger partial charge in [-0.1, -0.05) is 25.7 Å². The predicted molar refractivity (Wildman–Crippen MR) is 120 cm³/mol. The molecule has 0 spiro atoms. The molecule has 2 aliphatic rings. The molecular weight excluding hydrogens is 368 g/mol. The van der Waals surface area contributed by atoms with E-state index in [-0.39, 0.29) is 0 Å². The summed E-state index contributed by atoms with van der Waals surface area (Å²) in [6, 6.07) is 8.99. The van der Waals surface area contributed by atoms with E-state index in [9.17, 15) is 0 Å². The van der Waals surface area contributed by atoms with Gasteiger partial charge in [0.05, 0.1) is 18.7 Å². The lowest BCUT2D eigenvalue weighted by Crippen LogP contribution is -2.37. The molecule has 0 bridgehead atoms. The molecule has 2 heterocycles. The SMILES string of the molecule is Cc1cc(N2CCOCC2)nc2ccc(NC(=S)NC3CCCCCC3)cc12. The summed E-state index contributed by atoms with van der Waals surface area (Å²) in [5.74, 6) is 1.04. The number of ether oxygens (including phenoxy) is 1. The van der Waals surface area contributed by atoms with Gasteiger partial charge in [-0.3, -0.25) is 0 Å². The minimum Gasteiger partial charge on any atom is -0.378 e. The second-order valence-corrected chi connectivity index (χ2v) is 8.32. The van der Waals surface area contributed by atoms with E-state index in [0.29, 0.717) is 6.04 Å². The van der Waals surface area contributed by atoms with Gasteiger partial charge in [-0.15, -0.1) is 0 Å². The van der Waals surface area contributed by atoms with E-state index in [1.54, 1.807) is 0 Å². The van der Waals surface area contributed by atoms with Crippen molar-refractivity contribution in [3.8, 4) is 0 Å². The summed E-state index contributed by atoms with van der Waals surface area (Å²) in [5.41, 5.74) is 3.27. The second-order valence-electron chi connectivity index (χ2n) is 7.92. The average Bonchev–Trinajstić information content (AvgIpc) is 2.97. The zero-order valence-electron chi connectivity index (χ0n) is 16.7. The maximum absolute atomic E-state index is 5.57. The molecule has 0 atom stereocenters. The molecule has 1 saturated heterocycles. The number of aromatic nitrogens is 1. The minimum absolute atomic E-state index is 0.502. The quantitative estimate of drug-likeness (QED) is 0.591. The Balaban J connectivity index is 1.46. The Labute approximate surface area is 172 Å². The number of morpholine rings is 1. The molecule has 4 rings (SSSR count). The highest BCUT2D eigenvalue weighted by Gasteiger charge is 2.15. The monoisotopic (exact) mass is 398 g/mol. The summed E-state index contributed by atoms with van der Waals surface area (Å²) in [6.07, 6.45) is 7.72. The smallest absolute Gasteiger partial charge is 0.170 e. The van der Waals surface area contributed by atoms with Crippen LogP contribution in [0.4, 0.5) is 11.5 Å². The molecular formula is C22H30N4OS. The van der Waals surface area contributed by atoms with Crippen molar-refractivity contribution in [3.05, 3.63) is 29.8 Å². The molecule has 5 nitrogen and oxygen atoms in total. The molecule has 0 unspecified atom stereocenters. The molecule has 1 aliphatic heterocycles. The minimum atomic E-state index is 0.502. The van der Waals surface area contributed by atoms with Crippen LogP contribution in [0, 0.1) is 6.92 Å². The van der Waals surface area contributed by atoms with Gasteiger partial charge in [0.1, 0.15) is 5.82 Å². The van der Waals surface area contributed by atoms with Crippen LogP contribution >= 0.6 is 12.2 Å². The fourth-order valence-corrected chi connectivity index (χ4v) is 4.47. The molecule has 1 aromatic heterocycles. The molecule has 6 heteroatoms. The third-order valence-electron chi connectivity index (χ3n) is 5.79. The molecule has 28 heavy (non-hydrogen) atoms. The number of hydrogen-bond donors (Lipinski definition) is 2. The van der Waals surface area contributed by atoms with E-state index in [1.165, 1.54) is 49.5 Å². The lowest BCUT2D eigenvalue weighted by Gasteiger charge is -2.28. The lowest BCUT2D eigenvalue weighted by molar-refractivity contribution is 0.122. The van der Waals surface area contributed by atoms with Crippen molar-refractivity contribution in [1.82, 2.24) is 10.3 Å². The molecule has 2 aromatic rings. The highest BCUT2D eigenvalue weighted by Crippen LogP contribution is 2.26. The van der Waals surface area contributed by atoms with E-state index in [4.69, 9.17) is 21.9 Å². The number of nitrogens with one attached hydrogen (secondary N) is 2. The van der Waals surface area contributed by atoms with E-state index >= 15 is 0 Å². The van der Waals surface area contributed by atoms with Gasteiger partial charge in [-0.05, 0) is 61.8 Å². The molecule has 0 amide bonds. The van der Waals surface area contributed by atoms with Gasteiger partial charge in [-0.2, -0.15) is 0 Å². The van der Waals surface area contributed by atoms with Crippen LogP contribution in [0.2, 0.25) is 0 Å². The van der Waals surface area contributed by atoms with E-state index < -0.39 is 0 Å². The maximum Gasteiger partial charge on any atom is 0.170 e. The van der Waals surface area contributed by atoms with Crippen LogP contribution in [0.5, 0.6) is 0 Å². The zero-order chi connectivity index (χ0) is 19.3. The second kappa shape index (κ2) is 9.05. The lowest BCUT2D eigenvalue weighted by atomic mass is 10.1. The van der Waals surface area contributed by atoms with Crippen LogP contribution in [-0.2, 0) is 4.74 Å². The molecule has 0 radical (unpaired) electrons. The average molecular weight is 399 g/mol. The van der Waals surface area contributed by atoms with Gasteiger partial charge in [0.25, 0.3) is 0 Å². The first kappa shape index (κ1) is 19.4. The summed E-state index contributed by atoms with van der Waals surface area (Å²) >= 11 is 5.57. The zero-order valence-corrected chi connectivity index (χ0v) is 17.5. The number of nitrogens with zero attached hydrogens (tertiary/aromatic N) is 2. The van der Waals surface area contributed by atoms with Gasteiger partial charge in [0.2, 0.25) is 0 Å². The Morgan fingerprint density at radius 1 is 1.11 bits per heavy atom. The van der Waals surface area contributed by atoms with Crippen molar-refractivity contribution < 1.29 is 4.74 Å². The van der Waals surface area contributed by atoms with Gasteiger partial charge in [-0.25, -0.2) is 4.98 Å². The first-order valence-electron chi connectivity index (χ1n) is 10.5. The van der Waals surface area contributed by atoms with Crippen molar-refractivity contribution in [2.75, 3.05) is 36.5 Å². The number of thiocarbonyl (C=S) groups is 1. The van der Waals surface area contributed by atoms with E-state index in [1.807, 2.05) is 0 Å². The number of pyridine rings is 1. The van der Waals surface area contributed by atoms with Crippen LogP contribution in [0.1, 0.15) is 44.1 Å². The number of fused-ring (bicyclic) bond motifs is 1. The highest BCUT2D eigenvalue weighted by molar-refractivity contribution is 7.80. The van der Waals surface area contributed by atoms with Gasteiger partial charge < -0.3 is 20.3 Å². The third kappa shape index (κ3) is 4.73. The Morgan fingerprint density at radius 2 is 1.86 bits per heavy atom. The summed E-state index contributed by atoms with van der Waals surface area (Å²) in [5, 5.41) is 8.77. The van der Waals surface area contributed by atoms with Crippen molar-refractivity contribution in [2.24, 2.45) is 0 Å². The molecule has 1 aromatic carbocycles. The topological polar surface area (TPSA) is 49.4 Å². The largest absolute Gasteiger partial charge is 0.378 e. The van der Waals surface area contributed by atoms with Crippen LogP contribution in [0.3, 0.4) is 0 Å².